The maximum absolute atomic E-state index is 9.57. The van der Waals surface area contributed by atoms with Crippen molar-refractivity contribution in [1.82, 2.24) is 0 Å². The van der Waals surface area contributed by atoms with E-state index in [-0.39, 0.29) is 0 Å². The number of aryl methyl sites for hydroxylation is 3. The van der Waals surface area contributed by atoms with Gasteiger partial charge in [-0.05, 0) is 49.6 Å². The lowest BCUT2D eigenvalue weighted by molar-refractivity contribution is 0.416. The Morgan fingerprint density at radius 1 is 1.10 bits per heavy atom. The van der Waals surface area contributed by atoms with Gasteiger partial charge >= 0.3 is 0 Å². The quantitative estimate of drug-likeness (QED) is 0.908. The number of nitrogens with zero attached hydrogens (tertiary/aromatic N) is 1. The zero-order valence-corrected chi connectivity index (χ0v) is 12.9. The summed E-state index contributed by atoms with van der Waals surface area (Å²) in [6, 6.07) is 13.8. The number of para-hydroxylation sites is 2. The first-order valence-corrected chi connectivity index (χ1v) is 6.93. The van der Waals surface area contributed by atoms with Crippen LogP contribution in [0.2, 0.25) is 0 Å². The van der Waals surface area contributed by atoms with Crippen molar-refractivity contribution in [2.75, 3.05) is 12.4 Å². The van der Waals surface area contributed by atoms with Crippen LogP contribution < -0.4 is 10.1 Å². The molecule has 3 heteroatoms. The van der Waals surface area contributed by atoms with Crippen molar-refractivity contribution in [2.45, 2.75) is 26.8 Å². The Hall–Kier alpha value is -2.47. The minimum absolute atomic E-state index is 0.401. The highest BCUT2D eigenvalue weighted by Crippen LogP contribution is 2.30. The predicted molar refractivity (Wildman–Crippen MR) is 85.6 cm³/mol. The number of anilines is 1. The van der Waals surface area contributed by atoms with Crippen LogP contribution in [0.15, 0.2) is 36.4 Å². The largest absolute Gasteiger partial charge is 0.495 e. The molecular formula is C18H20N2O. The Morgan fingerprint density at radius 3 is 2.29 bits per heavy atom. The van der Waals surface area contributed by atoms with Gasteiger partial charge in [-0.25, -0.2) is 0 Å². The number of nitrogens with one attached hydrogen (secondary N) is 1. The third-order valence-electron chi connectivity index (χ3n) is 3.56. The second kappa shape index (κ2) is 6.32. The van der Waals surface area contributed by atoms with E-state index in [2.05, 4.69) is 30.4 Å². The third kappa shape index (κ3) is 3.17. The summed E-state index contributed by atoms with van der Waals surface area (Å²) in [4.78, 5) is 0. The minimum atomic E-state index is -0.401. The van der Waals surface area contributed by atoms with E-state index in [1.807, 2.05) is 38.1 Å². The van der Waals surface area contributed by atoms with Crippen LogP contribution in [0.1, 0.15) is 28.3 Å². The molecule has 0 bridgehead atoms. The van der Waals surface area contributed by atoms with Crippen molar-refractivity contribution in [3.05, 3.63) is 58.7 Å². The van der Waals surface area contributed by atoms with Crippen LogP contribution in [-0.4, -0.2) is 7.11 Å². The van der Waals surface area contributed by atoms with E-state index in [0.29, 0.717) is 0 Å². The molecule has 3 nitrogen and oxygen atoms in total. The summed E-state index contributed by atoms with van der Waals surface area (Å²) in [7, 11) is 1.63. The number of hydrogen-bond donors (Lipinski definition) is 1. The molecule has 0 aromatic heterocycles. The van der Waals surface area contributed by atoms with Crippen LogP contribution in [0.4, 0.5) is 5.69 Å². The van der Waals surface area contributed by atoms with Crippen LogP contribution in [0.5, 0.6) is 5.75 Å². The SMILES string of the molecule is COc1ccccc1NC(C#N)c1c(C)cc(C)cc1C. The molecule has 1 unspecified atom stereocenters. The zero-order valence-electron chi connectivity index (χ0n) is 12.9. The lowest BCUT2D eigenvalue weighted by Gasteiger charge is -2.20. The molecule has 0 heterocycles. The van der Waals surface area contributed by atoms with Gasteiger partial charge in [0.1, 0.15) is 11.8 Å². The van der Waals surface area contributed by atoms with E-state index < -0.39 is 6.04 Å². The Morgan fingerprint density at radius 2 is 1.71 bits per heavy atom. The van der Waals surface area contributed by atoms with E-state index in [1.54, 1.807) is 7.11 Å². The third-order valence-corrected chi connectivity index (χ3v) is 3.56. The van der Waals surface area contributed by atoms with Gasteiger partial charge in [-0.2, -0.15) is 5.26 Å². The van der Waals surface area contributed by atoms with Crippen molar-refractivity contribution in [2.24, 2.45) is 0 Å². The molecule has 2 aromatic rings. The van der Waals surface area contributed by atoms with Crippen molar-refractivity contribution < 1.29 is 4.74 Å². The second-order valence-corrected chi connectivity index (χ2v) is 5.22. The van der Waals surface area contributed by atoms with Gasteiger partial charge in [0.25, 0.3) is 0 Å². The molecule has 0 saturated carbocycles. The number of methoxy groups -OCH3 is 1. The topological polar surface area (TPSA) is 45.0 Å². The summed E-state index contributed by atoms with van der Waals surface area (Å²) in [5.74, 6) is 0.736. The molecule has 0 aliphatic carbocycles. The van der Waals surface area contributed by atoms with Crippen molar-refractivity contribution in [3.8, 4) is 11.8 Å². The average molecular weight is 280 g/mol. The average Bonchev–Trinajstić information content (AvgIpc) is 2.45. The van der Waals surface area contributed by atoms with E-state index in [0.717, 1.165) is 28.1 Å². The summed E-state index contributed by atoms with van der Waals surface area (Å²) in [5, 5.41) is 12.8. The molecule has 2 rings (SSSR count). The lowest BCUT2D eigenvalue weighted by Crippen LogP contribution is -2.12. The first kappa shape index (κ1) is 14.9. The number of benzene rings is 2. The summed E-state index contributed by atoms with van der Waals surface area (Å²) in [6.07, 6.45) is 0. The monoisotopic (exact) mass is 280 g/mol. The highest BCUT2D eigenvalue weighted by molar-refractivity contribution is 5.59. The molecule has 1 atom stereocenters. The van der Waals surface area contributed by atoms with E-state index >= 15 is 0 Å². The minimum Gasteiger partial charge on any atom is -0.495 e. The molecule has 0 fully saturated rings. The fourth-order valence-electron chi connectivity index (χ4n) is 2.73. The number of rotatable bonds is 4. The summed E-state index contributed by atoms with van der Waals surface area (Å²) >= 11 is 0. The maximum Gasteiger partial charge on any atom is 0.141 e. The normalized spacial score (nSPS) is 11.6. The predicted octanol–water partition coefficient (Wildman–Crippen LogP) is 4.30. The first-order chi connectivity index (χ1) is 10.1. The van der Waals surface area contributed by atoms with Gasteiger partial charge in [0.2, 0.25) is 0 Å². The van der Waals surface area contributed by atoms with Crippen LogP contribution in [0, 0.1) is 32.1 Å². The highest BCUT2D eigenvalue weighted by Gasteiger charge is 2.17. The molecule has 0 saturated heterocycles. The zero-order chi connectivity index (χ0) is 15.4. The van der Waals surface area contributed by atoms with E-state index in [9.17, 15) is 5.26 Å². The van der Waals surface area contributed by atoms with Gasteiger partial charge in [0, 0.05) is 0 Å². The van der Waals surface area contributed by atoms with Crippen LogP contribution >= 0.6 is 0 Å². The molecule has 0 aliphatic heterocycles. The molecule has 2 aromatic carbocycles. The lowest BCUT2D eigenvalue weighted by atomic mass is 9.94. The smallest absolute Gasteiger partial charge is 0.141 e. The molecular weight excluding hydrogens is 260 g/mol. The second-order valence-electron chi connectivity index (χ2n) is 5.22. The molecule has 21 heavy (non-hydrogen) atoms. The first-order valence-electron chi connectivity index (χ1n) is 6.93. The van der Waals surface area contributed by atoms with E-state index in [4.69, 9.17) is 4.74 Å². The molecule has 1 N–H and O–H groups in total. The summed E-state index contributed by atoms with van der Waals surface area (Å²) < 4.78 is 5.33. The number of nitriles is 1. The van der Waals surface area contributed by atoms with Gasteiger partial charge in [0.05, 0.1) is 18.9 Å². The number of ether oxygens (including phenoxy) is 1. The van der Waals surface area contributed by atoms with Gasteiger partial charge in [-0.1, -0.05) is 29.8 Å². The molecule has 0 aliphatic rings. The van der Waals surface area contributed by atoms with Crippen LogP contribution in [0.3, 0.4) is 0 Å². The Kier molecular flexibility index (Phi) is 4.49. The molecule has 0 radical (unpaired) electrons. The van der Waals surface area contributed by atoms with Crippen molar-refractivity contribution in [1.29, 1.82) is 5.26 Å². The van der Waals surface area contributed by atoms with Crippen molar-refractivity contribution in [3.63, 3.8) is 0 Å². The fraction of sp³-hybridized carbons (Fsp3) is 0.278. The van der Waals surface area contributed by atoms with Crippen LogP contribution in [-0.2, 0) is 0 Å². The summed E-state index contributed by atoms with van der Waals surface area (Å²) in [6.45, 7) is 6.16. The van der Waals surface area contributed by atoms with E-state index in [1.165, 1.54) is 5.56 Å². The summed E-state index contributed by atoms with van der Waals surface area (Å²) in [5.41, 5.74) is 5.32. The Labute approximate surface area is 126 Å². The highest BCUT2D eigenvalue weighted by atomic mass is 16.5. The van der Waals surface area contributed by atoms with Gasteiger partial charge in [0.15, 0.2) is 0 Å². The van der Waals surface area contributed by atoms with Gasteiger partial charge in [-0.15, -0.1) is 0 Å². The molecule has 0 amide bonds. The maximum atomic E-state index is 9.57. The Balaban J connectivity index is 2.40. The number of hydrogen-bond acceptors (Lipinski definition) is 3. The van der Waals surface area contributed by atoms with Gasteiger partial charge < -0.3 is 10.1 Å². The molecule has 0 spiro atoms. The Bertz CT molecular complexity index is 663. The molecule has 108 valence electrons. The van der Waals surface area contributed by atoms with Crippen LogP contribution in [0.25, 0.3) is 0 Å². The van der Waals surface area contributed by atoms with Crippen molar-refractivity contribution >= 4 is 5.69 Å². The van der Waals surface area contributed by atoms with Gasteiger partial charge in [-0.3, -0.25) is 0 Å². The fourth-order valence-corrected chi connectivity index (χ4v) is 2.73. The standard InChI is InChI=1S/C18H20N2O/c1-12-9-13(2)18(14(3)10-12)16(11-19)20-15-7-5-6-8-17(15)21-4/h5-10,16,20H,1-4H3.